The second kappa shape index (κ2) is 4.41. The van der Waals surface area contributed by atoms with E-state index in [4.69, 9.17) is 9.84 Å². The molecule has 0 aromatic rings. The smallest absolute Gasteiger partial charge is 0.307 e. The Morgan fingerprint density at radius 1 is 1.38 bits per heavy atom. The van der Waals surface area contributed by atoms with Crippen LogP contribution in [0.25, 0.3) is 0 Å². The number of nitrogens with zero attached hydrogens (tertiary/aromatic N) is 1. The molecule has 0 spiro atoms. The van der Waals surface area contributed by atoms with Crippen LogP contribution < -0.4 is 0 Å². The Morgan fingerprint density at radius 2 is 2.12 bits per heavy atom. The first-order chi connectivity index (χ1) is 7.63. The molecule has 1 N–H and O–H groups in total. The van der Waals surface area contributed by atoms with Gasteiger partial charge in [-0.1, -0.05) is 0 Å². The maximum atomic E-state index is 11.9. The number of carboxylic acids is 1. The van der Waals surface area contributed by atoms with Crippen LogP contribution in [0.15, 0.2) is 0 Å². The van der Waals surface area contributed by atoms with Crippen molar-refractivity contribution in [1.29, 1.82) is 0 Å². The zero-order chi connectivity index (χ0) is 11.7. The molecule has 90 valence electrons. The summed E-state index contributed by atoms with van der Waals surface area (Å²) < 4.78 is 5.24. The second-order valence-corrected chi connectivity index (χ2v) is 4.57. The summed E-state index contributed by atoms with van der Waals surface area (Å²) >= 11 is 0. The predicted molar refractivity (Wildman–Crippen MR) is 55.8 cm³/mol. The van der Waals surface area contributed by atoms with Crippen molar-refractivity contribution in [2.24, 2.45) is 11.8 Å². The molecule has 1 amide bonds. The third-order valence-corrected chi connectivity index (χ3v) is 3.45. The highest BCUT2D eigenvalue weighted by Crippen LogP contribution is 2.40. The highest BCUT2D eigenvalue weighted by molar-refractivity contribution is 5.89. The van der Waals surface area contributed by atoms with Crippen LogP contribution in [0, 0.1) is 11.8 Å². The van der Waals surface area contributed by atoms with Crippen molar-refractivity contribution < 1.29 is 19.4 Å². The van der Waals surface area contributed by atoms with Gasteiger partial charge < -0.3 is 14.7 Å². The van der Waals surface area contributed by atoms with Crippen LogP contribution in [0.1, 0.15) is 19.3 Å². The summed E-state index contributed by atoms with van der Waals surface area (Å²) in [4.78, 5) is 24.4. The molecule has 0 bridgehead atoms. The normalized spacial score (nSPS) is 33.6. The highest BCUT2D eigenvalue weighted by Gasteiger charge is 2.50. The summed E-state index contributed by atoms with van der Waals surface area (Å²) in [6.07, 6.45) is 2.53. The van der Waals surface area contributed by atoms with Crippen LogP contribution in [0.5, 0.6) is 0 Å². The molecule has 2 fully saturated rings. The number of hydrogen-bond donors (Lipinski definition) is 1. The van der Waals surface area contributed by atoms with E-state index in [0.29, 0.717) is 13.0 Å². The minimum Gasteiger partial charge on any atom is -0.481 e. The van der Waals surface area contributed by atoms with Crippen molar-refractivity contribution in [2.45, 2.75) is 25.4 Å². The number of amides is 1. The van der Waals surface area contributed by atoms with Gasteiger partial charge in [0.1, 0.15) is 0 Å². The van der Waals surface area contributed by atoms with Crippen LogP contribution in [0.2, 0.25) is 0 Å². The molecular weight excluding hydrogens is 210 g/mol. The number of ether oxygens (including phenoxy) is 1. The number of rotatable bonds is 3. The van der Waals surface area contributed by atoms with Gasteiger partial charge in [-0.2, -0.15) is 0 Å². The number of aliphatic carboxylic acids is 1. The van der Waals surface area contributed by atoms with E-state index >= 15 is 0 Å². The molecule has 1 saturated heterocycles. The van der Waals surface area contributed by atoms with E-state index in [9.17, 15) is 9.59 Å². The lowest BCUT2D eigenvalue weighted by Gasteiger charge is -2.32. The molecule has 1 aliphatic carbocycles. The van der Waals surface area contributed by atoms with Crippen LogP contribution in [-0.2, 0) is 14.3 Å². The fraction of sp³-hybridized carbons (Fsp3) is 0.818. The minimum atomic E-state index is -0.848. The van der Waals surface area contributed by atoms with Crippen molar-refractivity contribution in [3.05, 3.63) is 0 Å². The summed E-state index contributed by atoms with van der Waals surface area (Å²) in [6, 6.07) is 0. The highest BCUT2D eigenvalue weighted by atomic mass is 16.5. The van der Waals surface area contributed by atoms with Crippen molar-refractivity contribution in [3.8, 4) is 0 Å². The lowest BCUT2D eigenvalue weighted by atomic mass is 10.1. The molecule has 1 aliphatic heterocycles. The molecule has 0 aromatic carbocycles. The number of hydrogen-bond acceptors (Lipinski definition) is 3. The molecular formula is C11H17NO4. The molecule has 1 unspecified atom stereocenters. The maximum absolute atomic E-state index is 11.9. The van der Waals surface area contributed by atoms with Crippen molar-refractivity contribution in [1.82, 2.24) is 4.90 Å². The zero-order valence-corrected chi connectivity index (χ0v) is 9.39. The lowest BCUT2D eigenvalue weighted by molar-refractivity contribution is -0.143. The number of carbonyl (C=O) groups is 2. The van der Waals surface area contributed by atoms with Gasteiger partial charge in [-0.05, 0) is 19.3 Å². The van der Waals surface area contributed by atoms with Crippen molar-refractivity contribution in [3.63, 3.8) is 0 Å². The SMILES string of the molecule is COC1CCCN(C(=O)[C@@H]2C[C@@H]2C(=O)O)C1. The van der Waals surface area contributed by atoms with Crippen LogP contribution in [0.4, 0.5) is 0 Å². The number of likely N-dealkylation sites (tertiary alicyclic amines) is 1. The van der Waals surface area contributed by atoms with E-state index in [-0.39, 0.29) is 17.9 Å². The molecule has 3 atom stereocenters. The molecule has 16 heavy (non-hydrogen) atoms. The largest absolute Gasteiger partial charge is 0.481 e. The number of methoxy groups -OCH3 is 1. The minimum absolute atomic E-state index is 0.00542. The predicted octanol–water partition coefficient (Wildman–Crippen LogP) is 0.344. The average Bonchev–Trinajstić information content (AvgIpc) is 3.08. The van der Waals surface area contributed by atoms with Crippen molar-refractivity contribution >= 4 is 11.9 Å². The fourth-order valence-electron chi connectivity index (χ4n) is 2.31. The zero-order valence-electron chi connectivity index (χ0n) is 9.39. The molecule has 2 rings (SSSR count). The fourth-order valence-corrected chi connectivity index (χ4v) is 2.31. The standard InChI is InChI=1S/C11H17NO4/c1-16-7-3-2-4-12(6-7)10(13)8-5-9(8)11(14)15/h7-9H,2-6H2,1H3,(H,14,15)/t7?,8-,9+/m1/s1. The van der Waals surface area contributed by atoms with E-state index in [1.165, 1.54) is 0 Å². The van der Waals surface area contributed by atoms with E-state index in [2.05, 4.69) is 0 Å². The van der Waals surface area contributed by atoms with Crippen LogP contribution in [-0.4, -0.2) is 48.2 Å². The molecule has 1 saturated carbocycles. The van der Waals surface area contributed by atoms with Gasteiger partial charge in [-0.3, -0.25) is 9.59 Å². The van der Waals surface area contributed by atoms with Gasteiger partial charge in [0.05, 0.1) is 17.9 Å². The van der Waals surface area contributed by atoms with Crippen LogP contribution in [0.3, 0.4) is 0 Å². The summed E-state index contributed by atoms with van der Waals surface area (Å²) in [6.45, 7) is 1.35. The van der Waals surface area contributed by atoms with Crippen LogP contribution >= 0.6 is 0 Å². The second-order valence-electron chi connectivity index (χ2n) is 4.57. The lowest BCUT2D eigenvalue weighted by Crippen LogP contribution is -2.43. The summed E-state index contributed by atoms with van der Waals surface area (Å²) in [5, 5.41) is 8.77. The van der Waals surface area contributed by atoms with E-state index in [1.807, 2.05) is 0 Å². The Kier molecular flexibility index (Phi) is 3.14. The molecule has 1 heterocycles. The first-order valence-corrected chi connectivity index (χ1v) is 5.68. The van der Waals surface area contributed by atoms with Gasteiger partial charge in [-0.25, -0.2) is 0 Å². The van der Waals surface area contributed by atoms with Gasteiger partial charge in [0, 0.05) is 20.2 Å². The first kappa shape index (κ1) is 11.4. The number of carbonyl (C=O) groups excluding carboxylic acids is 1. The summed E-state index contributed by atoms with van der Waals surface area (Å²) in [7, 11) is 1.65. The van der Waals surface area contributed by atoms with Gasteiger partial charge in [0.15, 0.2) is 0 Å². The molecule has 5 heteroatoms. The number of carboxylic acid groups (broad SMARTS) is 1. The Hall–Kier alpha value is -1.10. The summed E-state index contributed by atoms with van der Waals surface area (Å²) in [5.74, 6) is -1.59. The topological polar surface area (TPSA) is 66.8 Å². The van der Waals surface area contributed by atoms with Gasteiger partial charge in [0.2, 0.25) is 5.91 Å². The third-order valence-electron chi connectivity index (χ3n) is 3.45. The summed E-state index contributed by atoms with van der Waals surface area (Å²) in [5.41, 5.74) is 0. The van der Waals surface area contributed by atoms with E-state index in [0.717, 1.165) is 19.4 Å². The molecule has 0 aromatic heterocycles. The van der Waals surface area contributed by atoms with Gasteiger partial charge in [-0.15, -0.1) is 0 Å². The van der Waals surface area contributed by atoms with E-state index in [1.54, 1.807) is 12.0 Å². The average molecular weight is 227 g/mol. The Bertz CT molecular complexity index is 304. The Balaban J connectivity index is 1.88. The maximum Gasteiger partial charge on any atom is 0.307 e. The van der Waals surface area contributed by atoms with Crippen molar-refractivity contribution in [2.75, 3.05) is 20.2 Å². The first-order valence-electron chi connectivity index (χ1n) is 5.68. The van der Waals surface area contributed by atoms with Gasteiger partial charge in [0.25, 0.3) is 0 Å². The number of piperidine rings is 1. The molecule has 5 nitrogen and oxygen atoms in total. The Morgan fingerprint density at radius 3 is 2.69 bits per heavy atom. The van der Waals surface area contributed by atoms with E-state index < -0.39 is 11.9 Å². The molecule has 0 radical (unpaired) electrons. The van der Waals surface area contributed by atoms with Gasteiger partial charge >= 0.3 is 5.97 Å². The Labute approximate surface area is 94.4 Å². The third kappa shape index (κ3) is 2.19. The monoisotopic (exact) mass is 227 g/mol. The quantitative estimate of drug-likeness (QED) is 0.755. The molecule has 2 aliphatic rings.